The molecule has 0 amide bonds. The third kappa shape index (κ3) is 3.85. The number of hydrogen-bond donors (Lipinski definition) is 0. The van der Waals surface area contributed by atoms with Gasteiger partial charge in [-0.15, -0.1) is 0 Å². The van der Waals surface area contributed by atoms with Crippen molar-refractivity contribution in [3.05, 3.63) is 29.8 Å². The minimum atomic E-state index is -0.295. The van der Waals surface area contributed by atoms with Crippen molar-refractivity contribution in [2.45, 2.75) is 32.6 Å². The van der Waals surface area contributed by atoms with E-state index in [-0.39, 0.29) is 11.5 Å². The van der Waals surface area contributed by atoms with Gasteiger partial charge in [0.15, 0.2) is 0 Å². The molecule has 1 aromatic carbocycles. The van der Waals surface area contributed by atoms with E-state index in [0.29, 0.717) is 12.2 Å². The Bertz CT molecular complexity index is 358. The van der Waals surface area contributed by atoms with Gasteiger partial charge in [0.1, 0.15) is 5.75 Å². The molecule has 0 N–H and O–H groups in total. The van der Waals surface area contributed by atoms with Crippen molar-refractivity contribution in [3.8, 4) is 5.75 Å². The molecule has 0 heterocycles. The molecular weight excluding hydrogens is 204 g/mol. The van der Waals surface area contributed by atoms with Crippen LogP contribution in [0.5, 0.6) is 5.75 Å². The average Bonchev–Trinajstić information content (AvgIpc) is 2.30. The number of carbonyl (C=O) groups is 1. The van der Waals surface area contributed by atoms with Crippen LogP contribution >= 0.6 is 0 Å². The second-order valence-corrected chi connectivity index (χ2v) is 3.53. The third-order valence-corrected chi connectivity index (χ3v) is 2.21. The topological polar surface area (TPSA) is 43.4 Å². The maximum Gasteiger partial charge on any atom is 0.311 e. The molecule has 1 radical (unpaired) electrons. The van der Waals surface area contributed by atoms with Gasteiger partial charge in [0.2, 0.25) is 6.29 Å². The molecule has 0 atom stereocenters. The summed E-state index contributed by atoms with van der Waals surface area (Å²) in [4.78, 5) is 22.0. The number of rotatable bonds is 6. The Morgan fingerprint density at radius 2 is 2.06 bits per heavy atom. The summed E-state index contributed by atoms with van der Waals surface area (Å²) in [5.74, 6) is -0.00449. The van der Waals surface area contributed by atoms with E-state index in [1.165, 1.54) is 0 Å². The highest BCUT2D eigenvalue weighted by Crippen LogP contribution is 2.16. The molecule has 0 spiro atoms. The van der Waals surface area contributed by atoms with Gasteiger partial charge in [-0.05, 0) is 18.6 Å². The minimum absolute atomic E-state index is 0.284. The smallest absolute Gasteiger partial charge is 0.311 e. The van der Waals surface area contributed by atoms with Crippen LogP contribution in [0, 0.1) is 0 Å². The second kappa shape index (κ2) is 6.77. The Morgan fingerprint density at radius 3 is 2.75 bits per heavy atom. The number of esters is 1. The highest BCUT2D eigenvalue weighted by atomic mass is 16.5. The van der Waals surface area contributed by atoms with Crippen molar-refractivity contribution in [1.29, 1.82) is 0 Å². The third-order valence-electron chi connectivity index (χ3n) is 2.21. The molecule has 0 fully saturated rings. The predicted molar refractivity (Wildman–Crippen MR) is 61.0 cm³/mol. The molecule has 0 aliphatic heterocycles. The highest BCUT2D eigenvalue weighted by Gasteiger charge is 2.08. The van der Waals surface area contributed by atoms with E-state index < -0.39 is 0 Å². The van der Waals surface area contributed by atoms with E-state index in [2.05, 4.69) is 6.92 Å². The van der Waals surface area contributed by atoms with Gasteiger partial charge < -0.3 is 4.74 Å². The van der Waals surface area contributed by atoms with E-state index in [1.807, 2.05) is 0 Å². The summed E-state index contributed by atoms with van der Waals surface area (Å²) in [5, 5.41) is 0. The van der Waals surface area contributed by atoms with Crippen LogP contribution < -0.4 is 4.74 Å². The zero-order chi connectivity index (χ0) is 11.8. The van der Waals surface area contributed by atoms with Crippen LogP contribution in [0.25, 0.3) is 0 Å². The molecule has 0 unspecified atom stereocenters. The van der Waals surface area contributed by atoms with Crippen LogP contribution in [0.15, 0.2) is 24.3 Å². The SMILES string of the molecule is CCCCCC(=O)Oc1ccccc1[C]=O. The van der Waals surface area contributed by atoms with Gasteiger partial charge in [-0.2, -0.15) is 0 Å². The molecule has 3 nitrogen and oxygen atoms in total. The maximum absolute atomic E-state index is 11.4. The van der Waals surface area contributed by atoms with Gasteiger partial charge in [0, 0.05) is 6.42 Å². The van der Waals surface area contributed by atoms with Gasteiger partial charge in [-0.3, -0.25) is 9.59 Å². The fourth-order valence-electron chi connectivity index (χ4n) is 1.33. The van der Waals surface area contributed by atoms with Crippen LogP contribution in [-0.4, -0.2) is 12.3 Å². The molecule has 0 aromatic heterocycles. The van der Waals surface area contributed by atoms with Gasteiger partial charge in [-0.1, -0.05) is 31.9 Å². The molecule has 0 bridgehead atoms. The summed E-state index contributed by atoms with van der Waals surface area (Å²) < 4.78 is 5.08. The van der Waals surface area contributed by atoms with E-state index in [0.717, 1.165) is 19.3 Å². The summed E-state index contributed by atoms with van der Waals surface area (Å²) in [6.07, 6.45) is 5.02. The molecule has 3 heteroatoms. The summed E-state index contributed by atoms with van der Waals surface area (Å²) in [7, 11) is 0. The van der Waals surface area contributed by atoms with Crippen LogP contribution in [0.2, 0.25) is 0 Å². The zero-order valence-electron chi connectivity index (χ0n) is 9.36. The lowest BCUT2D eigenvalue weighted by Gasteiger charge is -2.05. The van der Waals surface area contributed by atoms with Crippen LogP contribution in [-0.2, 0) is 9.59 Å². The Kier molecular flexibility index (Phi) is 5.26. The Morgan fingerprint density at radius 1 is 1.31 bits per heavy atom. The first-order valence-corrected chi connectivity index (χ1v) is 5.45. The molecule has 0 aliphatic rings. The highest BCUT2D eigenvalue weighted by molar-refractivity contribution is 5.82. The lowest BCUT2D eigenvalue weighted by atomic mass is 10.2. The number of para-hydroxylation sites is 1. The first-order chi connectivity index (χ1) is 7.77. The van der Waals surface area contributed by atoms with E-state index in [9.17, 15) is 9.59 Å². The first kappa shape index (κ1) is 12.4. The summed E-state index contributed by atoms with van der Waals surface area (Å²) >= 11 is 0. The molecule has 85 valence electrons. The fourth-order valence-corrected chi connectivity index (χ4v) is 1.33. The molecule has 1 rings (SSSR count). The lowest BCUT2D eigenvalue weighted by Crippen LogP contribution is -2.08. The van der Waals surface area contributed by atoms with Crippen molar-refractivity contribution in [2.24, 2.45) is 0 Å². The monoisotopic (exact) mass is 219 g/mol. The quantitative estimate of drug-likeness (QED) is 0.419. The number of unbranched alkanes of at least 4 members (excludes halogenated alkanes) is 2. The molecule has 0 aliphatic carbocycles. The van der Waals surface area contributed by atoms with Gasteiger partial charge in [0.25, 0.3) is 0 Å². The number of hydrogen-bond acceptors (Lipinski definition) is 3. The molecule has 16 heavy (non-hydrogen) atoms. The van der Waals surface area contributed by atoms with Gasteiger partial charge in [0.05, 0.1) is 5.56 Å². The van der Waals surface area contributed by atoms with Crippen molar-refractivity contribution in [1.82, 2.24) is 0 Å². The number of benzene rings is 1. The Hall–Kier alpha value is -1.64. The molecule has 0 saturated heterocycles. The number of ether oxygens (including phenoxy) is 1. The van der Waals surface area contributed by atoms with E-state index in [4.69, 9.17) is 4.74 Å². The first-order valence-electron chi connectivity index (χ1n) is 5.45. The van der Waals surface area contributed by atoms with Crippen LogP contribution in [0.3, 0.4) is 0 Å². The van der Waals surface area contributed by atoms with E-state index >= 15 is 0 Å². The Balaban J connectivity index is 2.52. The van der Waals surface area contributed by atoms with Crippen molar-refractivity contribution >= 4 is 12.3 Å². The second-order valence-electron chi connectivity index (χ2n) is 3.53. The number of carbonyl (C=O) groups excluding carboxylic acids is 2. The minimum Gasteiger partial charge on any atom is -0.426 e. The fraction of sp³-hybridized carbons (Fsp3) is 0.385. The van der Waals surface area contributed by atoms with Crippen molar-refractivity contribution in [2.75, 3.05) is 0 Å². The zero-order valence-corrected chi connectivity index (χ0v) is 9.36. The Labute approximate surface area is 95.4 Å². The standard InChI is InChI=1S/C13H15O3/c1-2-3-4-9-13(15)16-12-8-6-5-7-11(12)10-14/h5-8H,2-4,9H2,1H3. The van der Waals surface area contributed by atoms with Gasteiger partial charge in [-0.25, -0.2) is 0 Å². The normalized spacial score (nSPS) is 9.81. The van der Waals surface area contributed by atoms with Crippen molar-refractivity contribution in [3.63, 3.8) is 0 Å². The lowest BCUT2D eigenvalue weighted by molar-refractivity contribution is -0.134. The van der Waals surface area contributed by atoms with Crippen LogP contribution in [0.1, 0.15) is 38.2 Å². The molecule has 0 saturated carbocycles. The molecule has 1 aromatic rings. The summed E-state index contributed by atoms with van der Waals surface area (Å²) in [5.41, 5.74) is 0.284. The average molecular weight is 219 g/mol. The largest absolute Gasteiger partial charge is 0.426 e. The van der Waals surface area contributed by atoms with Gasteiger partial charge >= 0.3 is 5.97 Å². The summed E-state index contributed by atoms with van der Waals surface area (Å²) in [6, 6.07) is 6.59. The predicted octanol–water partition coefficient (Wildman–Crippen LogP) is 2.63. The summed E-state index contributed by atoms with van der Waals surface area (Å²) in [6.45, 7) is 2.07. The maximum atomic E-state index is 11.4. The van der Waals surface area contributed by atoms with Crippen molar-refractivity contribution < 1.29 is 14.3 Å². The van der Waals surface area contributed by atoms with Crippen LogP contribution in [0.4, 0.5) is 0 Å². The van der Waals surface area contributed by atoms with E-state index in [1.54, 1.807) is 30.6 Å². The molecular formula is C13H15O3.